The number of benzene rings is 2. The van der Waals surface area contributed by atoms with Gasteiger partial charge in [0.2, 0.25) is 0 Å². The molecule has 3 rings (SSSR count). The van der Waals surface area contributed by atoms with Crippen LogP contribution in [0.1, 0.15) is 38.2 Å². The summed E-state index contributed by atoms with van der Waals surface area (Å²) in [7, 11) is 0. The van der Waals surface area contributed by atoms with Crippen molar-refractivity contribution in [2.45, 2.75) is 38.6 Å². The Morgan fingerprint density at radius 3 is 2.68 bits per heavy atom. The minimum absolute atomic E-state index is 0.665. The van der Waals surface area contributed by atoms with Crippen molar-refractivity contribution in [3.8, 4) is 0 Å². The molecule has 1 saturated heterocycles. The van der Waals surface area contributed by atoms with Crippen LogP contribution < -0.4 is 0 Å². The summed E-state index contributed by atoms with van der Waals surface area (Å²) in [5.74, 6) is 0.697. The highest BCUT2D eigenvalue weighted by molar-refractivity contribution is 5.86. The number of hydrogen-bond acceptors (Lipinski definition) is 1. The highest BCUT2D eigenvalue weighted by Gasteiger charge is 2.23. The number of nitrogens with zero attached hydrogens (tertiary/aromatic N) is 1. The van der Waals surface area contributed by atoms with Crippen LogP contribution in [0.25, 0.3) is 10.8 Å². The summed E-state index contributed by atoms with van der Waals surface area (Å²) in [6.07, 6.45) is 2.66. The molecule has 1 unspecified atom stereocenters. The van der Waals surface area contributed by atoms with Crippen LogP contribution in [0, 0.1) is 0 Å². The molecule has 2 aromatic rings. The maximum atomic E-state index is 2.62. The molecule has 0 bridgehead atoms. The molecule has 0 spiro atoms. The first-order chi connectivity index (χ1) is 9.25. The predicted octanol–water partition coefficient (Wildman–Crippen LogP) is 4.43. The van der Waals surface area contributed by atoms with Crippen LogP contribution in [-0.2, 0) is 0 Å². The van der Waals surface area contributed by atoms with Gasteiger partial charge in [0.05, 0.1) is 0 Å². The van der Waals surface area contributed by atoms with E-state index in [1.807, 2.05) is 0 Å². The van der Waals surface area contributed by atoms with E-state index in [1.165, 1.54) is 36.7 Å². The molecule has 0 N–H and O–H groups in total. The molecule has 1 nitrogen and oxygen atoms in total. The molecule has 2 aromatic carbocycles. The molecule has 0 radical (unpaired) electrons. The zero-order valence-corrected chi connectivity index (χ0v) is 12.0. The largest absolute Gasteiger partial charge is 0.300 e. The fraction of sp³-hybridized carbons (Fsp3) is 0.444. The van der Waals surface area contributed by atoms with Crippen LogP contribution in [0.3, 0.4) is 0 Å². The maximum absolute atomic E-state index is 2.62. The highest BCUT2D eigenvalue weighted by atomic mass is 15.2. The summed E-state index contributed by atoms with van der Waals surface area (Å²) in [5, 5.41) is 2.82. The third kappa shape index (κ3) is 2.52. The quantitative estimate of drug-likeness (QED) is 0.765. The molecule has 1 atom stereocenters. The number of likely N-dealkylation sites (tertiary alicyclic amines) is 1. The van der Waals surface area contributed by atoms with Crippen molar-refractivity contribution in [1.29, 1.82) is 0 Å². The first kappa shape index (κ1) is 12.7. The summed E-state index contributed by atoms with van der Waals surface area (Å²) in [6.45, 7) is 7.10. The summed E-state index contributed by atoms with van der Waals surface area (Å²) in [5.41, 5.74) is 1.54. The van der Waals surface area contributed by atoms with Crippen LogP contribution >= 0.6 is 0 Å². The number of hydrogen-bond donors (Lipinski definition) is 0. The normalized spacial score (nSPS) is 21.1. The molecular weight excluding hydrogens is 230 g/mol. The van der Waals surface area contributed by atoms with Gasteiger partial charge in [-0.15, -0.1) is 0 Å². The monoisotopic (exact) mass is 253 g/mol. The van der Waals surface area contributed by atoms with Gasteiger partial charge in [-0.05, 0) is 55.5 Å². The molecule has 1 heteroatoms. The average molecular weight is 253 g/mol. The Morgan fingerprint density at radius 2 is 1.84 bits per heavy atom. The molecule has 0 amide bonds. The maximum Gasteiger partial charge on any atom is 0.00532 e. The number of rotatable bonds is 2. The van der Waals surface area contributed by atoms with Crippen LogP contribution in [0.2, 0.25) is 0 Å². The van der Waals surface area contributed by atoms with Gasteiger partial charge in [0, 0.05) is 12.6 Å². The molecule has 1 aliphatic rings. The van der Waals surface area contributed by atoms with Crippen molar-refractivity contribution in [1.82, 2.24) is 4.90 Å². The Kier molecular flexibility index (Phi) is 3.56. The van der Waals surface area contributed by atoms with E-state index in [9.17, 15) is 0 Å². The van der Waals surface area contributed by atoms with E-state index in [-0.39, 0.29) is 0 Å². The highest BCUT2D eigenvalue weighted by Crippen LogP contribution is 2.32. The van der Waals surface area contributed by atoms with Crippen LogP contribution in [0.5, 0.6) is 0 Å². The first-order valence-corrected chi connectivity index (χ1v) is 7.47. The van der Waals surface area contributed by atoms with Gasteiger partial charge in [-0.3, -0.25) is 0 Å². The molecule has 100 valence electrons. The van der Waals surface area contributed by atoms with Crippen molar-refractivity contribution >= 4 is 10.8 Å². The Hall–Kier alpha value is -1.34. The van der Waals surface area contributed by atoms with E-state index >= 15 is 0 Å². The SMILES string of the molecule is CC(C)N1CCCC(c2cccc3ccccc23)C1. The lowest BCUT2D eigenvalue weighted by atomic mass is 9.87. The smallest absolute Gasteiger partial charge is 0.00532 e. The van der Waals surface area contributed by atoms with E-state index in [2.05, 4.69) is 61.2 Å². The molecule has 19 heavy (non-hydrogen) atoms. The van der Waals surface area contributed by atoms with Crippen LogP contribution in [0.15, 0.2) is 42.5 Å². The molecule has 1 aliphatic heterocycles. The van der Waals surface area contributed by atoms with Gasteiger partial charge in [0.15, 0.2) is 0 Å². The average Bonchev–Trinajstić information content (AvgIpc) is 2.47. The Labute approximate surface area is 116 Å². The Balaban J connectivity index is 1.95. The molecular formula is C18H23N. The van der Waals surface area contributed by atoms with Gasteiger partial charge < -0.3 is 4.90 Å². The van der Waals surface area contributed by atoms with E-state index < -0.39 is 0 Å². The lowest BCUT2D eigenvalue weighted by Gasteiger charge is -2.36. The van der Waals surface area contributed by atoms with Crippen molar-refractivity contribution in [3.05, 3.63) is 48.0 Å². The lowest BCUT2D eigenvalue weighted by Crippen LogP contribution is -2.39. The van der Waals surface area contributed by atoms with Crippen molar-refractivity contribution in [2.24, 2.45) is 0 Å². The minimum atomic E-state index is 0.665. The fourth-order valence-corrected chi connectivity index (χ4v) is 3.34. The lowest BCUT2D eigenvalue weighted by molar-refractivity contribution is 0.168. The predicted molar refractivity (Wildman–Crippen MR) is 82.6 cm³/mol. The number of fused-ring (bicyclic) bond motifs is 1. The second-order valence-corrected chi connectivity index (χ2v) is 6.00. The van der Waals surface area contributed by atoms with Gasteiger partial charge in [0.1, 0.15) is 0 Å². The molecule has 0 aromatic heterocycles. The van der Waals surface area contributed by atoms with Crippen LogP contribution in [-0.4, -0.2) is 24.0 Å². The second-order valence-electron chi connectivity index (χ2n) is 6.00. The topological polar surface area (TPSA) is 3.24 Å². The Morgan fingerprint density at radius 1 is 1.05 bits per heavy atom. The van der Waals surface area contributed by atoms with Crippen LogP contribution in [0.4, 0.5) is 0 Å². The van der Waals surface area contributed by atoms with E-state index in [0.717, 1.165) is 0 Å². The standard InChI is InChI=1S/C18H23N/c1-14(2)19-12-6-9-16(13-19)18-11-5-8-15-7-3-4-10-17(15)18/h3-5,7-8,10-11,14,16H,6,9,12-13H2,1-2H3. The number of piperidine rings is 1. The summed E-state index contributed by atoms with van der Waals surface area (Å²) in [4.78, 5) is 2.62. The van der Waals surface area contributed by atoms with Crippen molar-refractivity contribution in [2.75, 3.05) is 13.1 Å². The van der Waals surface area contributed by atoms with E-state index in [0.29, 0.717) is 12.0 Å². The van der Waals surface area contributed by atoms with Gasteiger partial charge in [-0.1, -0.05) is 42.5 Å². The third-order valence-electron chi connectivity index (χ3n) is 4.45. The molecule has 0 saturated carbocycles. The third-order valence-corrected chi connectivity index (χ3v) is 4.45. The second kappa shape index (κ2) is 5.34. The minimum Gasteiger partial charge on any atom is -0.300 e. The van der Waals surface area contributed by atoms with Crippen molar-refractivity contribution < 1.29 is 0 Å². The zero-order valence-electron chi connectivity index (χ0n) is 12.0. The van der Waals surface area contributed by atoms with Gasteiger partial charge in [-0.25, -0.2) is 0 Å². The summed E-state index contributed by atoms with van der Waals surface area (Å²) in [6, 6.07) is 16.2. The van der Waals surface area contributed by atoms with Crippen molar-refractivity contribution in [3.63, 3.8) is 0 Å². The van der Waals surface area contributed by atoms with E-state index in [1.54, 1.807) is 5.56 Å². The fourth-order valence-electron chi connectivity index (χ4n) is 3.34. The zero-order chi connectivity index (χ0) is 13.2. The molecule has 1 heterocycles. The van der Waals surface area contributed by atoms with Gasteiger partial charge in [-0.2, -0.15) is 0 Å². The molecule has 1 fully saturated rings. The molecule has 0 aliphatic carbocycles. The summed E-state index contributed by atoms with van der Waals surface area (Å²) >= 11 is 0. The summed E-state index contributed by atoms with van der Waals surface area (Å²) < 4.78 is 0. The van der Waals surface area contributed by atoms with Gasteiger partial charge >= 0.3 is 0 Å². The first-order valence-electron chi connectivity index (χ1n) is 7.47. The van der Waals surface area contributed by atoms with Gasteiger partial charge in [0.25, 0.3) is 0 Å². The van der Waals surface area contributed by atoms with E-state index in [4.69, 9.17) is 0 Å². The Bertz CT molecular complexity index is 553.